The molecule has 1 aromatic heterocycles. The predicted molar refractivity (Wildman–Crippen MR) is 83.5 cm³/mol. The van der Waals surface area contributed by atoms with Crippen LogP contribution in [0.2, 0.25) is 0 Å². The van der Waals surface area contributed by atoms with Gasteiger partial charge in [0.2, 0.25) is 11.8 Å². The highest BCUT2D eigenvalue weighted by Crippen LogP contribution is 2.26. The number of hydrogen-bond acceptors (Lipinski definition) is 4. The monoisotopic (exact) mass is 337 g/mol. The summed E-state index contributed by atoms with van der Waals surface area (Å²) >= 11 is 3.49. The van der Waals surface area contributed by atoms with Crippen molar-refractivity contribution in [2.45, 2.75) is 39.2 Å². The third-order valence-corrected chi connectivity index (χ3v) is 3.49. The molecule has 1 heterocycles. The van der Waals surface area contributed by atoms with Gasteiger partial charge in [-0.15, -0.1) is 10.2 Å². The van der Waals surface area contributed by atoms with Crippen LogP contribution in [0.5, 0.6) is 0 Å². The van der Waals surface area contributed by atoms with Gasteiger partial charge in [-0.1, -0.05) is 12.1 Å². The molecule has 0 aliphatic heterocycles. The number of nitrogens with one attached hydrogen (secondary N) is 1. The number of aryl methyl sites for hydroxylation is 1. The lowest BCUT2D eigenvalue weighted by molar-refractivity contribution is 0.412. The first-order chi connectivity index (χ1) is 9.46. The quantitative estimate of drug-likeness (QED) is 0.842. The maximum atomic E-state index is 5.70. The standard InChI is InChI=1S/C15H20BrN3O/c1-15(2,3)17-10-6-9-13-18-19-14(20-13)11-7-4-5-8-12(11)16/h4-5,7-8,17H,6,9-10H2,1-3H3. The van der Waals surface area contributed by atoms with Crippen LogP contribution in [-0.4, -0.2) is 22.3 Å². The normalized spacial score (nSPS) is 11.8. The van der Waals surface area contributed by atoms with E-state index in [1.807, 2.05) is 24.3 Å². The molecule has 2 rings (SSSR count). The van der Waals surface area contributed by atoms with Crippen molar-refractivity contribution in [1.29, 1.82) is 0 Å². The van der Waals surface area contributed by atoms with Gasteiger partial charge in [0.25, 0.3) is 0 Å². The molecule has 0 spiro atoms. The van der Waals surface area contributed by atoms with E-state index in [-0.39, 0.29) is 5.54 Å². The van der Waals surface area contributed by atoms with E-state index in [1.165, 1.54) is 0 Å². The smallest absolute Gasteiger partial charge is 0.248 e. The highest BCUT2D eigenvalue weighted by Gasteiger charge is 2.12. The fraction of sp³-hybridized carbons (Fsp3) is 0.467. The van der Waals surface area contributed by atoms with Crippen LogP contribution in [-0.2, 0) is 6.42 Å². The first-order valence-electron chi connectivity index (χ1n) is 6.78. The number of hydrogen-bond donors (Lipinski definition) is 1. The van der Waals surface area contributed by atoms with Crippen LogP contribution < -0.4 is 5.32 Å². The summed E-state index contributed by atoms with van der Waals surface area (Å²) in [6, 6.07) is 7.84. The van der Waals surface area contributed by atoms with Crippen molar-refractivity contribution < 1.29 is 4.42 Å². The molecular formula is C15H20BrN3O. The largest absolute Gasteiger partial charge is 0.421 e. The second-order valence-electron chi connectivity index (χ2n) is 5.76. The zero-order chi connectivity index (χ0) is 14.6. The third kappa shape index (κ3) is 4.42. The van der Waals surface area contributed by atoms with Gasteiger partial charge < -0.3 is 9.73 Å². The van der Waals surface area contributed by atoms with Crippen LogP contribution in [0.25, 0.3) is 11.5 Å². The molecule has 1 N–H and O–H groups in total. The second kappa shape index (κ2) is 6.50. The lowest BCUT2D eigenvalue weighted by Crippen LogP contribution is -2.36. The average Bonchev–Trinajstić information content (AvgIpc) is 2.83. The van der Waals surface area contributed by atoms with E-state index in [9.17, 15) is 0 Å². The predicted octanol–water partition coefficient (Wildman–Crippen LogP) is 3.82. The van der Waals surface area contributed by atoms with Gasteiger partial charge in [-0.2, -0.15) is 0 Å². The summed E-state index contributed by atoms with van der Waals surface area (Å²) in [5.41, 5.74) is 1.08. The lowest BCUT2D eigenvalue weighted by Gasteiger charge is -2.19. The lowest BCUT2D eigenvalue weighted by atomic mass is 10.1. The summed E-state index contributed by atoms with van der Waals surface area (Å²) in [6.07, 6.45) is 1.77. The summed E-state index contributed by atoms with van der Waals surface area (Å²) in [7, 11) is 0. The fourth-order valence-electron chi connectivity index (χ4n) is 1.80. The summed E-state index contributed by atoms with van der Waals surface area (Å²) in [5.74, 6) is 1.25. The summed E-state index contributed by atoms with van der Waals surface area (Å²) in [6.45, 7) is 7.41. The summed E-state index contributed by atoms with van der Waals surface area (Å²) in [5, 5.41) is 11.7. The van der Waals surface area contributed by atoms with E-state index in [0.717, 1.165) is 29.4 Å². The Morgan fingerprint density at radius 2 is 1.95 bits per heavy atom. The van der Waals surface area contributed by atoms with Gasteiger partial charge in [0, 0.05) is 16.4 Å². The molecule has 0 aliphatic carbocycles. The molecular weight excluding hydrogens is 318 g/mol. The van der Waals surface area contributed by atoms with E-state index in [0.29, 0.717) is 11.8 Å². The van der Waals surface area contributed by atoms with Crippen molar-refractivity contribution >= 4 is 15.9 Å². The Morgan fingerprint density at radius 1 is 1.20 bits per heavy atom. The summed E-state index contributed by atoms with van der Waals surface area (Å²) in [4.78, 5) is 0. The first-order valence-corrected chi connectivity index (χ1v) is 7.57. The Balaban J connectivity index is 1.92. The number of aromatic nitrogens is 2. The Morgan fingerprint density at radius 3 is 2.65 bits per heavy atom. The fourth-order valence-corrected chi connectivity index (χ4v) is 2.26. The minimum atomic E-state index is 0.148. The van der Waals surface area contributed by atoms with Crippen molar-refractivity contribution in [3.05, 3.63) is 34.6 Å². The van der Waals surface area contributed by atoms with Crippen LogP contribution in [0.15, 0.2) is 33.2 Å². The molecule has 0 fully saturated rings. The zero-order valence-corrected chi connectivity index (χ0v) is 13.7. The zero-order valence-electron chi connectivity index (χ0n) is 12.1. The highest BCUT2D eigenvalue weighted by molar-refractivity contribution is 9.10. The van der Waals surface area contributed by atoms with Crippen molar-refractivity contribution in [1.82, 2.24) is 15.5 Å². The van der Waals surface area contributed by atoms with E-state index in [4.69, 9.17) is 4.42 Å². The Labute approximate surface area is 128 Å². The minimum absolute atomic E-state index is 0.148. The van der Waals surface area contributed by atoms with Crippen LogP contribution in [0, 0.1) is 0 Å². The Bertz CT molecular complexity index is 560. The van der Waals surface area contributed by atoms with Crippen LogP contribution in [0.3, 0.4) is 0 Å². The molecule has 2 aromatic rings. The Hall–Kier alpha value is -1.20. The molecule has 108 valence electrons. The highest BCUT2D eigenvalue weighted by atomic mass is 79.9. The third-order valence-electron chi connectivity index (χ3n) is 2.79. The van der Waals surface area contributed by atoms with Gasteiger partial charge in [0.05, 0.1) is 5.56 Å². The second-order valence-corrected chi connectivity index (χ2v) is 6.62. The SMILES string of the molecule is CC(C)(C)NCCCc1nnc(-c2ccccc2Br)o1. The maximum Gasteiger partial charge on any atom is 0.248 e. The molecule has 20 heavy (non-hydrogen) atoms. The van der Waals surface area contributed by atoms with Gasteiger partial charge >= 0.3 is 0 Å². The molecule has 0 aliphatic rings. The van der Waals surface area contributed by atoms with Crippen molar-refractivity contribution in [2.24, 2.45) is 0 Å². The number of halogens is 1. The molecule has 0 unspecified atom stereocenters. The van der Waals surface area contributed by atoms with E-state index < -0.39 is 0 Å². The van der Waals surface area contributed by atoms with Gasteiger partial charge in [-0.25, -0.2) is 0 Å². The van der Waals surface area contributed by atoms with Crippen molar-refractivity contribution in [2.75, 3.05) is 6.54 Å². The molecule has 0 saturated carbocycles. The molecule has 0 saturated heterocycles. The van der Waals surface area contributed by atoms with Crippen molar-refractivity contribution in [3.63, 3.8) is 0 Å². The maximum absolute atomic E-state index is 5.70. The van der Waals surface area contributed by atoms with Crippen LogP contribution >= 0.6 is 15.9 Å². The van der Waals surface area contributed by atoms with E-state index in [2.05, 4.69) is 52.2 Å². The topological polar surface area (TPSA) is 51.0 Å². The molecule has 0 radical (unpaired) electrons. The first kappa shape index (κ1) is 15.2. The molecule has 0 bridgehead atoms. The molecule has 5 heteroatoms. The van der Waals surface area contributed by atoms with Crippen molar-refractivity contribution in [3.8, 4) is 11.5 Å². The van der Waals surface area contributed by atoms with E-state index >= 15 is 0 Å². The minimum Gasteiger partial charge on any atom is -0.421 e. The number of rotatable bonds is 5. The molecule has 1 aromatic carbocycles. The van der Waals surface area contributed by atoms with Gasteiger partial charge in [0.15, 0.2) is 0 Å². The van der Waals surface area contributed by atoms with Gasteiger partial charge in [-0.05, 0) is 61.8 Å². The molecule has 0 amide bonds. The van der Waals surface area contributed by atoms with Crippen LogP contribution in [0.4, 0.5) is 0 Å². The molecule has 0 atom stereocenters. The summed E-state index contributed by atoms with van der Waals surface area (Å²) < 4.78 is 6.67. The van der Waals surface area contributed by atoms with Gasteiger partial charge in [0.1, 0.15) is 0 Å². The Kier molecular flexibility index (Phi) is 4.94. The van der Waals surface area contributed by atoms with Gasteiger partial charge in [-0.3, -0.25) is 0 Å². The number of nitrogens with zero attached hydrogens (tertiary/aromatic N) is 2. The average molecular weight is 338 g/mol. The van der Waals surface area contributed by atoms with E-state index in [1.54, 1.807) is 0 Å². The molecule has 4 nitrogen and oxygen atoms in total. The number of benzene rings is 1. The van der Waals surface area contributed by atoms with Crippen LogP contribution in [0.1, 0.15) is 33.1 Å².